The van der Waals surface area contributed by atoms with Gasteiger partial charge < -0.3 is 14.8 Å². The Balaban J connectivity index is 2.27. The molecule has 0 saturated carbocycles. The highest BCUT2D eigenvalue weighted by Crippen LogP contribution is 2.31. The highest BCUT2D eigenvalue weighted by Gasteiger charge is 2.36. The topological polar surface area (TPSA) is 64.6 Å². The fourth-order valence-electron chi connectivity index (χ4n) is 3.69. The average Bonchev–Trinajstić information content (AvgIpc) is 2.74. The van der Waals surface area contributed by atoms with Crippen LogP contribution in [0.5, 0.6) is 0 Å². The molecule has 2 atom stereocenters. The largest absolute Gasteiger partial charge is 0.466 e. The maximum absolute atomic E-state index is 14.2. The lowest BCUT2D eigenvalue weighted by Crippen LogP contribution is -2.44. The number of esters is 1. The molecular weight excluding hydrogens is 457 g/mol. The maximum Gasteiger partial charge on any atom is 0.407 e. The summed E-state index contributed by atoms with van der Waals surface area (Å²) in [6.45, 7) is 11.2. The zero-order valence-corrected chi connectivity index (χ0v) is 21.6. The first-order valence-electron chi connectivity index (χ1n) is 11.6. The summed E-state index contributed by atoms with van der Waals surface area (Å²) in [6, 6.07) is 11.5. The third-order valence-electron chi connectivity index (χ3n) is 5.64. The van der Waals surface area contributed by atoms with Gasteiger partial charge in [-0.1, -0.05) is 42.8 Å². The van der Waals surface area contributed by atoms with Gasteiger partial charge >= 0.3 is 12.1 Å². The van der Waals surface area contributed by atoms with Gasteiger partial charge in [-0.3, -0.25) is 4.79 Å². The van der Waals surface area contributed by atoms with Crippen LogP contribution in [0.4, 0.5) is 9.18 Å². The molecular formula is C27H35ClFNO4. The molecule has 0 fully saturated rings. The molecule has 5 nitrogen and oxygen atoms in total. The van der Waals surface area contributed by atoms with Gasteiger partial charge in [-0.2, -0.15) is 0 Å². The van der Waals surface area contributed by atoms with Crippen molar-refractivity contribution in [2.75, 3.05) is 6.61 Å². The van der Waals surface area contributed by atoms with Crippen molar-refractivity contribution < 1.29 is 23.5 Å². The Kier molecular flexibility index (Phi) is 9.51. The minimum absolute atomic E-state index is 0.291. The smallest absolute Gasteiger partial charge is 0.407 e. The molecule has 2 unspecified atom stereocenters. The molecule has 0 aromatic heterocycles. The van der Waals surface area contributed by atoms with Gasteiger partial charge in [-0.05, 0) is 83.2 Å². The standard InChI is InChI=1S/C27H35ClFNO4/c1-7-27(6,24(31)33-8-2)17-21(30-25(32)34-26(3,4)5)15-18-9-11-19(12-10-18)22-16-20(28)13-14-23(22)29/h9-14,16,21H,7-8,15,17H2,1-6H3,(H,30,32). The fraction of sp³-hybridized carbons (Fsp3) is 0.481. The van der Waals surface area contributed by atoms with E-state index in [1.807, 2.05) is 38.1 Å². The monoisotopic (exact) mass is 491 g/mol. The van der Waals surface area contributed by atoms with Crippen molar-refractivity contribution in [1.29, 1.82) is 0 Å². The zero-order chi connectivity index (χ0) is 25.5. The number of hydrogen-bond acceptors (Lipinski definition) is 4. The summed E-state index contributed by atoms with van der Waals surface area (Å²) in [6.07, 6.45) is 0.863. The molecule has 0 aliphatic carbocycles. The van der Waals surface area contributed by atoms with Crippen LogP contribution in [0.3, 0.4) is 0 Å². The first-order chi connectivity index (χ1) is 15.9. The van der Waals surface area contributed by atoms with Gasteiger partial charge in [0.1, 0.15) is 11.4 Å². The molecule has 0 aliphatic rings. The Morgan fingerprint density at radius 1 is 1.06 bits per heavy atom. The van der Waals surface area contributed by atoms with Gasteiger partial charge in [0.25, 0.3) is 0 Å². The van der Waals surface area contributed by atoms with Crippen LogP contribution in [0.25, 0.3) is 11.1 Å². The van der Waals surface area contributed by atoms with Crippen LogP contribution in [0.2, 0.25) is 5.02 Å². The zero-order valence-electron chi connectivity index (χ0n) is 20.8. The predicted molar refractivity (Wildman–Crippen MR) is 133 cm³/mol. The van der Waals surface area contributed by atoms with E-state index >= 15 is 0 Å². The molecule has 1 N–H and O–H groups in total. The highest BCUT2D eigenvalue weighted by molar-refractivity contribution is 6.30. The molecule has 0 saturated heterocycles. The van der Waals surface area contributed by atoms with Gasteiger partial charge in [0.2, 0.25) is 0 Å². The second-order valence-corrected chi connectivity index (χ2v) is 10.1. The van der Waals surface area contributed by atoms with Gasteiger partial charge in [-0.15, -0.1) is 0 Å². The lowest BCUT2D eigenvalue weighted by Gasteiger charge is -2.31. The fourth-order valence-corrected chi connectivity index (χ4v) is 3.87. The molecule has 186 valence electrons. The Bertz CT molecular complexity index is 987. The van der Waals surface area contributed by atoms with E-state index in [0.29, 0.717) is 42.0 Å². The average molecular weight is 492 g/mol. The third kappa shape index (κ3) is 8.01. The van der Waals surface area contributed by atoms with Crippen molar-refractivity contribution in [1.82, 2.24) is 5.32 Å². The molecule has 0 spiro atoms. The number of rotatable bonds is 9. The van der Waals surface area contributed by atoms with Crippen LogP contribution in [-0.4, -0.2) is 30.3 Å². The second-order valence-electron chi connectivity index (χ2n) is 9.71. The predicted octanol–water partition coefficient (Wildman–Crippen LogP) is 6.95. The minimum Gasteiger partial charge on any atom is -0.466 e. The number of benzene rings is 2. The van der Waals surface area contributed by atoms with Crippen LogP contribution in [0.1, 0.15) is 59.9 Å². The molecule has 2 aromatic carbocycles. The Morgan fingerprint density at radius 3 is 2.26 bits per heavy atom. The summed E-state index contributed by atoms with van der Waals surface area (Å²) < 4.78 is 25.0. The lowest BCUT2D eigenvalue weighted by atomic mass is 9.79. The molecule has 7 heteroatoms. The van der Waals surface area contributed by atoms with E-state index in [-0.39, 0.29) is 17.8 Å². The molecule has 0 radical (unpaired) electrons. The van der Waals surface area contributed by atoms with Gasteiger partial charge in [0, 0.05) is 16.6 Å². The first kappa shape index (κ1) is 27.6. The number of hydrogen-bond donors (Lipinski definition) is 1. The van der Waals surface area contributed by atoms with Gasteiger partial charge in [0.05, 0.1) is 12.0 Å². The summed E-state index contributed by atoms with van der Waals surface area (Å²) in [7, 11) is 0. The normalized spacial score (nSPS) is 14.1. The van der Waals surface area contributed by atoms with Crippen LogP contribution >= 0.6 is 11.6 Å². The van der Waals surface area contributed by atoms with E-state index in [9.17, 15) is 14.0 Å². The number of nitrogens with one attached hydrogen (secondary N) is 1. The molecule has 2 rings (SSSR count). The van der Waals surface area contributed by atoms with E-state index in [4.69, 9.17) is 21.1 Å². The first-order valence-corrected chi connectivity index (χ1v) is 12.0. The van der Waals surface area contributed by atoms with Crippen molar-refractivity contribution in [2.45, 2.75) is 72.4 Å². The number of amides is 1. The van der Waals surface area contributed by atoms with E-state index < -0.39 is 17.1 Å². The number of alkyl carbamates (subject to hydrolysis) is 1. The third-order valence-corrected chi connectivity index (χ3v) is 5.88. The number of carbonyl (C=O) groups excluding carboxylic acids is 2. The van der Waals surface area contributed by atoms with Crippen molar-refractivity contribution in [3.8, 4) is 11.1 Å². The van der Waals surface area contributed by atoms with Crippen molar-refractivity contribution in [2.24, 2.45) is 5.41 Å². The van der Waals surface area contributed by atoms with Crippen LogP contribution in [0.15, 0.2) is 42.5 Å². The Hall–Kier alpha value is -2.60. The summed E-state index contributed by atoms with van der Waals surface area (Å²) in [4.78, 5) is 25.2. The molecule has 0 bridgehead atoms. The summed E-state index contributed by atoms with van der Waals surface area (Å²) in [5.74, 6) is -0.643. The van der Waals surface area contributed by atoms with Crippen LogP contribution < -0.4 is 5.32 Å². The molecule has 0 aliphatic heterocycles. The second kappa shape index (κ2) is 11.7. The van der Waals surface area contributed by atoms with Crippen molar-refractivity contribution >= 4 is 23.7 Å². The molecule has 2 aromatic rings. The Labute approximate surface area is 207 Å². The van der Waals surface area contributed by atoms with Crippen molar-refractivity contribution in [3.63, 3.8) is 0 Å². The highest BCUT2D eigenvalue weighted by atomic mass is 35.5. The van der Waals surface area contributed by atoms with Gasteiger partial charge in [-0.25, -0.2) is 9.18 Å². The quantitative estimate of drug-likeness (QED) is 0.385. The van der Waals surface area contributed by atoms with Crippen LogP contribution in [-0.2, 0) is 20.7 Å². The van der Waals surface area contributed by atoms with E-state index in [1.165, 1.54) is 12.1 Å². The van der Waals surface area contributed by atoms with E-state index in [0.717, 1.165) is 5.56 Å². The van der Waals surface area contributed by atoms with E-state index in [2.05, 4.69) is 5.32 Å². The number of halogens is 2. The number of carbonyl (C=O) groups is 2. The summed E-state index contributed by atoms with van der Waals surface area (Å²) in [5, 5.41) is 3.38. The maximum atomic E-state index is 14.2. The van der Waals surface area contributed by atoms with E-state index in [1.54, 1.807) is 33.8 Å². The SMILES string of the molecule is CCOC(=O)C(C)(CC)CC(Cc1ccc(-c2cc(Cl)ccc2F)cc1)NC(=O)OC(C)(C)C. The number of ether oxygens (including phenoxy) is 2. The lowest BCUT2D eigenvalue weighted by molar-refractivity contribution is -0.155. The Morgan fingerprint density at radius 2 is 1.71 bits per heavy atom. The summed E-state index contributed by atoms with van der Waals surface area (Å²) in [5.41, 5.74) is 0.634. The molecule has 0 heterocycles. The molecule has 1 amide bonds. The minimum atomic E-state index is -0.764. The van der Waals surface area contributed by atoms with Gasteiger partial charge in [0.15, 0.2) is 0 Å². The van der Waals surface area contributed by atoms with Crippen LogP contribution in [0, 0.1) is 11.2 Å². The van der Waals surface area contributed by atoms with Crippen molar-refractivity contribution in [3.05, 3.63) is 58.9 Å². The summed E-state index contributed by atoms with van der Waals surface area (Å²) >= 11 is 6.03. The molecule has 34 heavy (non-hydrogen) atoms.